The van der Waals surface area contributed by atoms with Crippen LogP contribution in [0, 0.1) is 6.92 Å². The third-order valence-corrected chi connectivity index (χ3v) is 11.6. The molecule has 0 aliphatic carbocycles. The minimum Gasteiger partial charge on any atom is -0.479 e. The number of ether oxygens (including phenoxy) is 1. The van der Waals surface area contributed by atoms with Gasteiger partial charge in [-0.15, -0.1) is 0 Å². The number of carboxylic acids is 1. The van der Waals surface area contributed by atoms with E-state index < -0.39 is 20.4 Å². The number of hydrogen-bond acceptors (Lipinski definition) is 4. The summed E-state index contributed by atoms with van der Waals surface area (Å²) in [6.07, 6.45) is 4.90. The molecular formula is C31H39NO5Si. The van der Waals surface area contributed by atoms with Gasteiger partial charge in [-0.1, -0.05) is 87.0 Å². The van der Waals surface area contributed by atoms with Crippen molar-refractivity contribution in [3.8, 4) is 0 Å². The van der Waals surface area contributed by atoms with Crippen molar-refractivity contribution in [3.63, 3.8) is 0 Å². The number of carboxylic acid groups (broad SMARTS) is 1. The molecule has 3 aromatic rings. The molecule has 202 valence electrons. The van der Waals surface area contributed by atoms with E-state index in [-0.39, 0.29) is 24.0 Å². The van der Waals surface area contributed by atoms with E-state index in [0.29, 0.717) is 17.8 Å². The van der Waals surface area contributed by atoms with E-state index in [1.54, 1.807) is 0 Å². The average Bonchev–Trinajstić information content (AvgIpc) is 3.32. The molecule has 1 heterocycles. The van der Waals surface area contributed by atoms with Crippen LogP contribution in [0.4, 0.5) is 0 Å². The van der Waals surface area contributed by atoms with Crippen LogP contribution < -0.4 is 0 Å². The molecule has 0 saturated heterocycles. The topological polar surface area (TPSA) is 77.8 Å². The highest BCUT2D eigenvalue weighted by molar-refractivity contribution is 6.74. The lowest BCUT2D eigenvalue weighted by atomic mass is 10.1. The second-order valence-electron chi connectivity index (χ2n) is 11.1. The molecule has 0 saturated carbocycles. The Morgan fingerprint density at radius 3 is 2.29 bits per heavy atom. The fraction of sp³-hybridized carbons (Fsp3) is 0.355. The Balaban J connectivity index is 1.54. The Bertz CT molecular complexity index is 1250. The zero-order valence-electron chi connectivity index (χ0n) is 23.2. The molecule has 0 unspecified atom stereocenters. The first-order valence-corrected chi connectivity index (χ1v) is 15.8. The number of carbonyl (C=O) groups excluding carboxylic acids is 1. The Hall–Kier alpha value is -3.26. The van der Waals surface area contributed by atoms with Crippen LogP contribution >= 0.6 is 0 Å². The van der Waals surface area contributed by atoms with Crippen molar-refractivity contribution in [3.05, 3.63) is 101 Å². The van der Waals surface area contributed by atoms with Crippen LogP contribution in [0.15, 0.2) is 72.9 Å². The monoisotopic (exact) mass is 533 g/mol. The molecule has 1 aromatic heterocycles. The molecule has 0 fully saturated rings. The van der Waals surface area contributed by atoms with Crippen LogP contribution in [0.1, 0.15) is 53.5 Å². The van der Waals surface area contributed by atoms with Gasteiger partial charge < -0.3 is 18.8 Å². The molecule has 38 heavy (non-hydrogen) atoms. The van der Waals surface area contributed by atoms with Crippen LogP contribution in [-0.4, -0.2) is 42.5 Å². The summed E-state index contributed by atoms with van der Waals surface area (Å²) < 4.78 is 13.7. The molecule has 0 radical (unpaired) electrons. The summed E-state index contributed by atoms with van der Waals surface area (Å²) in [5.41, 5.74) is 4.33. The number of aromatic nitrogens is 1. The summed E-state index contributed by atoms with van der Waals surface area (Å²) in [5.74, 6) is -1.02. The lowest BCUT2D eigenvalue weighted by Crippen LogP contribution is -2.44. The van der Waals surface area contributed by atoms with E-state index in [4.69, 9.17) is 9.16 Å². The molecule has 0 aliphatic heterocycles. The third kappa shape index (κ3) is 7.87. The van der Waals surface area contributed by atoms with Gasteiger partial charge in [0, 0.05) is 18.3 Å². The van der Waals surface area contributed by atoms with Crippen molar-refractivity contribution in [2.24, 2.45) is 0 Å². The maximum atomic E-state index is 12.9. The van der Waals surface area contributed by atoms with Crippen molar-refractivity contribution < 1.29 is 23.9 Å². The number of ketones is 1. The second-order valence-corrected chi connectivity index (χ2v) is 15.9. The number of rotatable bonds is 12. The van der Waals surface area contributed by atoms with Gasteiger partial charge in [0.05, 0.1) is 18.9 Å². The summed E-state index contributed by atoms with van der Waals surface area (Å²) in [7, 11) is -2.06. The number of benzene rings is 2. The van der Waals surface area contributed by atoms with Crippen LogP contribution in [0.25, 0.3) is 6.08 Å². The van der Waals surface area contributed by atoms with E-state index in [2.05, 4.69) is 33.9 Å². The van der Waals surface area contributed by atoms with Crippen LogP contribution in [0.2, 0.25) is 18.1 Å². The molecule has 6 nitrogen and oxygen atoms in total. The largest absolute Gasteiger partial charge is 0.479 e. The minimum atomic E-state index is -2.06. The molecule has 0 spiro atoms. The van der Waals surface area contributed by atoms with Crippen molar-refractivity contribution in [2.75, 3.05) is 6.61 Å². The molecule has 7 heteroatoms. The fourth-order valence-corrected chi connectivity index (χ4v) is 4.55. The summed E-state index contributed by atoms with van der Waals surface area (Å²) in [5, 5.41) is 9.58. The van der Waals surface area contributed by atoms with Gasteiger partial charge in [0.2, 0.25) is 5.78 Å². The Morgan fingerprint density at radius 2 is 1.68 bits per heavy atom. The molecule has 0 aliphatic rings. The van der Waals surface area contributed by atoms with Crippen molar-refractivity contribution in [2.45, 2.75) is 65.1 Å². The van der Waals surface area contributed by atoms with Crippen LogP contribution in [0.3, 0.4) is 0 Å². The summed E-state index contributed by atoms with van der Waals surface area (Å²) in [4.78, 5) is 24.6. The van der Waals surface area contributed by atoms with Gasteiger partial charge in [-0.3, -0.25) is 4.79 Å². The van der Waals surface area contributed by atoms with E-state index in [1.807, 2.05) is 90.5 Å². The van der Waals surface area contributed by atoms with Gasteiger partial charge in [-0.25, -0.2) is 4.79 Å². The highest BCUT2D eigenvalue weighted by atomic mass is 28.4. The molecule has 1 N–H and O–H groups in total. The van der Waals surface area contributed by atoms with Crippen LogP contribution in [-0.2, 0) is 27.1 Å². The Morgan fingerprint density at radius 1 is 1.03 bits per heavy atom. The highest BCUT2D eigenvalue weighted by Crippen LogP contribution is 2.36. The predicted octanol–water partition coefficient (Wildman–Crippen LogP) is 6.73. The normalized spacial score (nSPS) is 13.1. The number of aliphatic carboxylic acids is 1. The number of hydrogen-bond donors (Lipinski definition) is 1. The number of allylic oxidation sites excluding steroid dienone is 1. The van der Waals surface area contributed by atoms with Gasteiger partial charge >= 0.3 is 5.97 Å². The first-order valence-electron chi connectivity index (χ1n) is 12.9. The molecular weight excluding hydrogens is 494 g/mol. The zero-order chi connectivity index (χ0) is 27.9. The molecule has 3 rings (SSSR count). The smallest absolute Gasteiger partial charge is 0.335 e. The van der Waals surface area contributed by atoms with Gasteiger partial charge in [0.15, 0.2) is 14.4 Å². The average molecular weight is 534 g/mol. The summed E-state index contributed by atoms with van der Waals surface area (Å²) in [6.45, 7) is 13.3. The SMILES string of the molecule is Cc1ccc(C(=O)c2cccn2C/C=C/c2ccc(CO[C@H](CO[Si](C)(C)C(C)(C)C)C(=O)O)cc2)cc1. The van der Waals surface area contributed by atoms with Crippen molar-refractivity contribution in [1.29, 1.82) is 0 Å². The van der Waals surface area contributed by atoms with E-state index in [0.717, 1.165) is 16.7 Å². The maximum absolute atomic E-state index is 12.9. The maximum Gasteiger partial charge on any atom is 0.335 e. The predicted molar refractivity (Wildman–Crippen MR) is 154 cm³/mol. The van der Waals surface area contributed by atoms with Gasteiger partial charge in [0.25, 0.3) is 0 Å². The minimum absolute atomic E-state index is 0.00105. The molecule has 1 atom stereocenters. The van der Waals surface area contributed by atoms with Crippen LogP contribution in [0.5, 0.6) is 0 Å². The number of nitrogens with zero attached hydrogens (tertiary/aromatic N) is 1. The summed E-state index contributed by atoms with van der Waals surface area (Å²) in [6, 6.07) is 19.1. The Labute approximate surface area is 227 Å². The zero-order valence-corrected chi connectivity index (χ0v) is 24.2. The highest BCUT2D eigenvalue weighted by Gasteiger charge is 2.38. The molecule has 0 bridgehead atoms. The van der Waals surface area contributed by atoms with E-state index >= 15 is 0 Å². The Kier molecular flexibility index (Phi) is 9.65. The van der Waals surface area contributed by atoms with Crippen molar-refractivity contribution >= 4 is 26.1 Å². The van der Waals surface area contributed by atoms with Gasteiger partial charge in [0.1, 0.15) is 0 Å². The standard InChI is InChI=1S/C31H39NO5Si/c1-23-11-17-26(18-12-23)29(33)27-10-8-20-32(27)19-7-9-24-13-15-25(16-14-24)21-36-28(30(34)35)22-37-38(5,6)31(2,3)4/h7-18,20,28H,19,21-22H2,1-6H3,(H,34,35)/b9-7+/t28-/m1/s1. The first kappa shape index (κ1) is 29.3. The number of carbonyl (C=O) groups is 2. The molecule has 2 aromatic carbocycles. The molecule has 0 amide bonds. The quantitative estimate of drug-likeness (QED) is 0.206. The lowest BCUT2D eigenvalue weighted by Gasteiger charge is -2.36. The fourth-order valence-electron chi connectivity index (χ4n) is 3.55. The number of aryl methyl sites for hydroxylation is 1. The van der Waals surface area contributed by atoms with Crippen molar-refractivity contribution in [1.82, 2.24) is 4.57 Å². The lowest BCUT2D eigenvalue weighted by molar-refractivity contribution is -0.153. The summed E-state index contributed by atoms with van der Waals surface area (Å²) >= 11 is 0. The van der Waals surface area contributed by atoms with E-state index in [1.165, 1.54) is 0 Å². The second kappa shape index (κ2) is 12.5. The third-order valence-electron chi connectivity index (χ3n) is 7.10. The van der Waals surface area contributed by atoms with Gasteiger partial charge in [-0.2, -0.15) is 0 Å². The first-order chi connectivity index (χ1) is 17.9. The van der Waals surface area contributed by atoms with E-state index in [9.17, 15) is 14.7 Å². The van der Waals surface area contributed by atoms with Gasteiger partial charge in [-0.05, 0) is 48.3 Å².